The number of hydrogen-bond acceptors (Lipinski definition) is 7. The number of esters is 1. The third-order valence-electron chi connectivity index (χ3n) is 8.11. The van der Waals surface area contributed by atoms with Crippen molar-refractivity contribution in [3.05, 3.63) is 138 Å². The third kappa shape index (κ3) is 5.47. The molecule has 0 unspecified atom stereocenters. The van der Waals surface area contributed by atoms with Crippen LogP contribution < -0.4 is 24.4 Å². The lowest BCUT2D eigenvalue weighted by molar-refractivity contribution is -0.138. The van der Waals surface area contributed by atoms with Gasteiger partial charge in [-0.3, -0.25) is 9.36 Å². The first kappa shape index (κ1) is 30.9. The molecule has 0 saturated carbocycles. The van der Waals surface area contributed by atoms with Gasteiger partial charge in [-0.2, -0.15) is 0 Å². The van der Waals surface area contributed by atoms with Crippen molar-refractivity contribution in [2.45, 2.75) is 33.7 Å². The molecule has 0 bridgehead atoms. The Kier molecular flexibility index (Phi) is 8.51. The van der Waals surface area contributed by atoms with Gasteiger partial charge < -0.3 is 18.8 Å². The van der Waals surface area contributed by atoms with E-state index in [1.54, 1.807) is 37.8 Å². The van der Waals surface area contributed by atoms with Crippen molar-refractivity contribution in [1.29, 1.82) is 0 Å². The van der Waals surface area contributed by atoms with Crippen molar-refractivity contribution >= 4 is 29.1 Å². The zero-order valence-electron chi connectivity index (χ0n) is 26.7. The second-order valence-electron chi connectivity index (χ2n) is 11.0. The highest BCUT2D eigenvalue weighted by atomic mass is 32.1. The second-order valence-corrected chi connectivity index (χ2v) is 12.1. The Balaban J connectivity index is 1.62. The Morgan fingerprint density at radius 2 is 1.70 bits per heavy atom. The highest BCUT2D eigenvalue weighted by molar-refractivity contribution is 7.07. The van der Waals surface area contributed by atoms with Crippen LogP contribution in [0.15, 0.2) is 94.2 Å². The van der Waals surface area contributed by atoms with Crippen LogP contribution in [0.5, 0.6) is 11.5 Å². The molecule has 2 aromatic heterocycles. The van der Waals surface area contributed by atoms with Crippen molar-refractivity contribution in [1.82, 2.24) is 9.13 Å². The van der Waals surface area contributed by atoms with E-state index in [0.717, 1.165) is 28.2 Å². The summed E-state index contributed by atoms with van der Waals surface area (Å²) in [6, 6.07) is 24.5. The lowest BCUT2D eigenvalue weighted by atomic mass is 9.93. The quantitative estimate of drug-likeness (QED) is 0.206. The van der Waals surface area contributed by atoms with Crippen molar-refractivity contribution in [2.24, 2.45) is 4.99 Å². The minimum atomic E-state index is -0.827. The van der Waals surface area contributed by atoms with Crippen LogP contribution in [0.3, 0.4) is 0 Å². The molecule has 1 aliphatic rings. The van der Waals surface area contributed by atoms with E-state index < -0.39 is 12.0 Å². The van der Waals surface area contributed by atoms with E-state index in [1.165, 1.54) is 16.9 Å². The summed E-state index contributed by atoms with van der Waals surface area (Å²) in [6.07, 6.45) is 1.92. The molecule has 0 amide bonds. The molecule has 5 aromatic rings. The molecule has 0 fully saturated rings. The predicted molar refractivity (Wildman–Crippen MR) is 181 cm³/mol. The molecule has 0 saturated heterocycles. The van der Waals surface area contributed by atoms with Crippen LogP contribution in [0, 0.1) is 20.8 Å². The first-order chi connectivity index (χ1) is 22.2. The predicted octanol–water partition coefficient (Wildman–Crippen LogP) is 5.67. The topological polar surface area (TPSA) is 84.1 Å². The van der Waals surface area contributed by atoms with Gasteiger partial charge in [0, 0.05) is 22.6 Å². The molecule has 3 heterocycles. The normalized spacial score (nSPS) is 14.6. The fraction of sp³-hybridized carbons (Fsp3) is 0.216. The number of nitrogens with zero attached hydrogens (tertiary/aromatic N) is 3. The molecule has 1 atom stereocenters. The van der Waals surface area contributed by atoms with Gasteiger partial charge in [0.2, 0.25) is 0 Å². The van der Waals surface area contributed by atoms with Gasteiger partial charge in [-0.1, -0.05) is 59.9 Å². The lowest BCUT2D eigenvalue weighted by Gasteiger charge is -2.26. The average Bonchev–Trinajstić information content (AvgIpc) is 3.53. The van der Waals surface area contributed by atoms with Crippen LogP contribution >= 0.6 is 11.3 Å². The molecule has 0 aliphatic carbocycles. The SMILES string of the molecule is CCOC(=O)C1=C(c2ccccc2)N=c2s/c(=C/c3cc(C)n(-c4cccc(C)c4)c3C)c(=O)n2[C@H]1c1ccc(OC)c(OC)c1. The van der Waals surface area contributed by atoms with Gasteiger partial charge in [-0.05, 0) is 80.8 Å². The highest BCUT2D eigenvalue weighted by Crippen LogP contribution is 2.38. The van der Waals surface area contributed by atoms with Gasteiger partial charge in [0.15, 0.2) is 16.3 Å². The standard InChI is InChI=1S/C37H35N3O5S/c1-7-45-36(42)32-33(25-13-9-8-10-14-25)38-37-40(34(32)26-16-17-29(43-5)30(20-26)44-6)35(41)31(46-37)21-27-19-23(3)39(24(27)4)28-15-11-12-22(2)18-28/h8-21,34H,7H2,1-6H3/b31-21+/t34-/m0/s1. The number of ether oxygens (including phenoxy) is 3. The number of hydrogen-bond donors (Lipinski definition) is 0. The first-order valence-electron chi connectivity index (χ1n) is 15.0. The summed E-state index contributed by atoms with van der Waals surface area (Å²) in [6.45, 7) is 8.11. The van der Waals surface area contributed by atoms with Gasteiger partial charge in [0.25, 0.3) is 5.56 Å². The van der Waals surface area contributed by atoms with Gasteiger partial charge in [0.05, 0.1) is 42.7 Å². The molecule has 0 N–H and O–H groups in total. The summed E-state index contributed by atoms with van der Waals surface area (Å²) in [7, 11) is 3.12. The first-order valence-corrected chi connectivity index (χ1v) is 15.8. The highest BCUT2D eigenvalue weighted by Gasteiger charge is 2.35. The molecule has 3 aromatic carbocycles. The number of fused-ring (bicyclic) bond motifs is 1. The van der Waals surface area contributed by atoms with E-state index >= 15 is 0 Å². The van der Waals surface area contributed by atoms with E-state index in [0.29, 0.717) is 32.1 Å². The number of carbonyl (C=O) groups is 1. The fourth-order valence-corrected chi connectivity index (χ4v) is 7.01. The van der Waals surface area contributed by atoms with E-state index in [1.807, 2.05) is 48.5 Å². The molecule has 46 heavy (non-hydrogen) atoms. The van der Waals surface area contributed by atoms with Crippen LogP contribution in [0.1, 0.15) is 46.6 Å². The van der Waals surface area contributed by atoms with Crippen LogP contribution in [-0.4, -0.2) is 35.9 Å². The number of aryl methyl sites for hydroxylation is 2. The van der Waals surface area contributed by atoms with Crippen molar-refractivity contribution in [3.63, 3.8) is 0 Å². The Labute approximate surface area is 271 Å². The summed E-state index contributed by atoms with van der Waals surface area (Å²) in [5.74, 6) is 0.473. The van der Waals surface area contributed by atoms with E-state index in [2.05, 4.69) is 49.6 Å². The molecule has 8 nitrogen and oxygen atoms in total. The monoisotopic (exact) mass is 633 g/mol. The number of thiazole rings is 1. The molecule has 234 valence electrons. The maximum Gasteiger partial charge on any atom is 0.338 e. The summed E-state index contributed by atoms with van der Waals surface area (Å²) >= 11 is 1.30. The number of benzene rings is 3. The van der Waals surface area contributed by atoms with Gasteiger partial charge in [-0.25, -0.2) is 9.79 Å². The number of aromatic nitrogens is 2. The second kappa shape index (κ2) is 12.7. The fourth-order valence-electron chi connectivity index (χ4n) is 6.02. The van der Waals surface area contributed by atoms with Crippen molar-refractivity contribution in [2.75, 3.05) is 20.8 Å². The molecular weight excluding hydrogens is 598 g/mol. The molecule has 1 aliphatic heterocycles. The molecule has 9 heteroatoms. The van der Waals surface area contributed by atoms with Crippen molar-refractivity contribution in [3.8, 4) is 17.2 Å². The van der Waals surface area contributed by atoms with E-state index in [4.69, 9.17) is 19.2 Å². The van der Waals surface area contributed by atoms with Gasteiger partial charge >= 0.3 is 5.97 Å². The number of methoxy groups -OCH3 is 2. The van der Waals surface area contributed by atoms with E-state index in [9.17, 15) is 9.59 Å². The summed E-state index contributed by atoms with van der Waals surface area (Å²) in [5, 5.41) is 0. The van der Waals surface area contributed by atoms with E-state index in [-0.39, 0.29) is 17.7 Å². The molecular formula is C37H35N3O5S. The minimum Gasteiger partial charge on any atom is -0.493 e. The smallest absolute Gasteiger partial charge is 0.338 e. The summed E-state index contributed by atoms with van der Waals surface area (Å²) < 4.78 is 21.0. The number of carbonyl (C=O) groups excluding carboxylic acids is 1. The maximum absolute atomic E-state index is 14.4. The molecule has 6 rings (SSSR count). The zero-order chi connectivity index (χ0) is 32.5. The van der Waals surface area contributed by atoms with Gasteiger partial charge in [-0.15, -0.1) is 0 Å². The number of rotatable bonds is 8. The maximum atomic E-state index is 14.4. The summed E-state index contributed by atoms with van der Waals surface area (Å²) in [5.41, 5.74) is 7.13. The van der Waals surface area contributed by atoms with Crippen molar-refractivity contribution < 1.29 is 19.0 Å². The molecule has 0 spiro atoms. The Morgan fingerprint density at radius 3 is 2.39 bits per heavy atom. The van der Waals surface area contributed by atoms with Crippen LogP contribution in [0.4, 0.5) is 0 Å². The zero-order valence-corrected chi connectivity index (χ0v) is 27.5. The Hall–Kier alpha value is -5.15. The van der Waals surface area contributed by atoms with Crippen LogP contribution in [-0.2, 0) is 9.53 Å². The summed E-state index contributed by atoms with van der Waals surface area (Å²) in [4.78, 5) is 33.6. The Bertz CT molecular complexity index is 2170. The average molecular weight is 634 g/mol. The minimum absolute atomic E-state index is 0.171. The largest absolute Gasteiger partial charge is 0.493 e. The van der Waals surface area contributed by atoms with Crippen LogP contribution in [0.25, 0.3) is 17.5 Å². The Morgan fingerprint density at radius 1 is 0.935 bits per heavy atom. The molecule has 0 radical (unpaired) electrons. The third-order valence-corrected chi connectivity index (χ3v) is 9.10. The van der Waals surface area contributed by atoms with Gasteiger partial charge in [0.1, 0.15) is 0 Å². The lowest BCUT2D eigenvalue weighted by Crippen LogP contribution is -2.40. The van der Waals surface area contributed by atoms with Crippen LogP contribution in [0.2, 0.25) is 0 Å².